The third-order valence-corrected chi connectivity index (χ3v) is 2.77. The highest BCUT2D eigenvalue weighted by Crippen LogP contribution is 2.15. The molecule has 0 atom stereocenters. The minimum absolute atomic E-state index is 0.00422. The Labute approximate surface area is 109 Å². The smallest absolute Gasteiger partial charge is 0.274 e. The highest BCUT2D eigenvalue weighted by Gasteiger charge is 2.11. The average molecular weight is 263 g/mol. The van der Waals surface area contributed by atoms with Crippen LogP contribution in [0.2, 0.25) is 5.02 Å². The second-order valence-electron chi connectivity index (χ2n) is 3.65. The molecule has 0 radical (unpaired) electrons. The Morgan fingerprint density at radius 3 is 2.78 bits per heavy atom. The van der Waals surface area contributed by atoms with Gasteiger partial charge in [-0.15, -0.1) is 0 Å². The van der Waals surface area contributed by atoms with Gasteiger partial charge in [0, 0.05) is 17.8 Å². The number of pyridine rings is 1. The van der Waals surface area contributed by atoms with Crippen LogP contribution in [0.5, 0.6) is 5.75 Å². The van der Waals surface area contributed by atoms with E-state index in [0.717, 1.165) is 5.56 Å². The van der Waals surface area contributed by atoms with Gasteiger partial charge in [0.2, 0.25) is 0 Å². The number of carbonyl (C=O) groups is 1. The zero-order valence-corrected chi connectivity index (χ0v) is 10.2. The molecule has 0 bridgehead atoms. The molecule has 0 aliphatic heterocycles. The minimum atomic E-state index is -0.437. The van der Waals surface area contributed by atoms with Gasteiger partial charge in [0.05, 0.1) is 0 Å². The maximum atomic E-state index is 11.8. The summed E-state index contributed by atoms with van der Waals surface area (Å²) in [4.78, 5) is 15.6. The third-order valence-electron chi connectivity index (χ3n) is 2.40. The van der Waals surface area contributed by atoms with Crippen LogP contribution >= 0.6 is 11.6 Å². The predicted octanol–water partition coefficient (Wildman–Crippen LogP) is 2.37. The quantitative estimate of drug-likeness (QED) is 0.893. The molecule has 0 fully saturated rings. The van der Waals surface area contributed by atoms with Crippen molar-refractivity contribution in [3.8, 4) is 5.75 Å². The fraction of sp³-hybridized carbons (Fsp3) is 0.0769. The second-order valence-corrected chi connectivity index (χ2v) is 4.05. The van der Waals surface area contributed by atoms with E-state index >= 15 is 0 Å². The van der Waals surface area contributed by atoms with Crippen LogP contribution in [0, 0.1) is 0 Å². The second kappa shape index (κ2) is 5.51. The maximum Gasteiger partial charge on any atom is 0.274 e. The largest absolute Gasteiger partial charge is 0.505 e. The van der Waals surface area contributed by atoms with Gasteiger partial charge in [-0.1, -0.05) is 29.8 Å². The summed E-state index contributed by atoms with van der Waals surface area (Å²) in [5.74, 6) is -0.581. The molecule has 0 saturated heterocycles. The summed E-state index contributed by atoms with van der Waals surface area (Å²) in [5, 5.41) is 12.7. The molecular weight excluding hydrogens is 252 g/mol. The molecule has 2 N–H and O–H groups in total. The SMILES string of the molecule is O=C(NCc1ccccc1Cl)c1ncccc1O. The lowest BCUT2D eigenvalue weighted by molar-refractivity contribution is 0.0943. The highest BCUT2D eigenvalue weighted by molar-refractivity contribution is 6.31. The number of benzene rings is 1. The summed E-state index contributed by atoms with van der Waals surface area (Å²) in [6.07, 6.45) is 1.45. The minimum Gasteiger partial charge on any atom is -0.505 e. The van der Waals surface area contributed by atoms with E-state index in [9.17, 15) is 9.90 Å². The van der Waals surface area contributed by atoms with Crippen molar-refractivity contribution in [2.45, 2.75) is 6.54 Å². The van der Waals surface area contributed by atoms with Crippen molar-refractivity contribution in [1.29, 1.82) is 0 Å². The van der Waals surface area contributed by atoms with Crippen molar-refractivity contribution in [3.63, 3.8) is 0 Å². The number of nitrogens with one attached hydrogen (secondary N) is 1. The number of aromatic hydroxyl groups is 1. The third kappa shape index (κ3) is 2.78. The first-order valence-corrected chi connectivity index (χ1v) is 5.72. The molecule has 0 unspecified atom stereocenters. The zero-order valence-electron chi connectivity index (χ0n) is 9.43. The molecule has 5 heteroatoms. The predicted molar refractivity (Wildman–Crippen MR) is 68.5 cm³/mol. The summed E-state index contributed by atoms with van der Waals surface area (Å²) < 4.78 is 0. The van der Waals surface area contributed by atoms with Crippen molar-refractivity contribution >= 4 is 17.5 Å². The fourth-order valence-corrected chi connectivity index (χ4v) is 1.68. The lowest BCUT2D eigenvalue weighted by Crippen LogP contribution is -2.23. The monoisotopic (exact) mass is 262 g/mol. The summed E-state index contributed by atoms with van der Waals surface area (Å²) in [6, 6.07) is 10.2. The normalized spacial score (nSPS) is 10.1. The first-order chi connectivity index (χ1) is 8.68. The van der Waals surface area contributed by atoms with E-state index in [-0.39, 0.29) is 18.0 Å². The van der Waals surface area contributed by atoms with E-state index in [4.69, 9.17) is 11.6 Å². The maximum absolute atomic E-state index is 11.8. The molecule has 92 valence electrons. The molecule has 4 nitrogen and oxygen atoms in total. The highest BCUT2D eigenvalue weighted by atomic mass is 35.5. The van der Waals surface area contributed by atoms with Crippen molar-refractivity contribution in [2.75, 3.05) is 0 Å². The first kappa shape index (κ1) is 12.4. The Morgan fingerprint density at radius 1 is 1.28 bits per heavy atom. The van der Waals surface area contributed by atoms with Gasteiger partial charge < -0.3 is 10.4 Å². The molecule has 2 rings (SSSR count). The summed E-state index contributed by atoms with van der Waals surface area (Å²) >= 11 is 5.97. The van der Waals surface area contributed by atoms with Gasteiger partial charge in [0.15, 0.2) is 5.69 Å². The van der Waals surface area contributed by atoms with Crippen LogP contribution in [0.4, 0.5) is 0 Å². The molecule has 0 aliphatic rings. The molecule has 0 aliphatic carbocycles. The van der Waals surface area contributed by atoms with Crippen LogP contribution in [0.1, 0.15) is 16.1 Å². The lowest BCUT2D eigenvalue weighted by Gasteiger charge is -2.07. The molecule has 1 amide bonds. The van der Waals surface area contributed by atoms with Gasteiger partial charge in [-0.3, -0.25) is 4.79 Å². The molecule has 18 heavy (non-hydrogen) atoms. The molecule has 1 aromatic carbocycles. The van der Waals surface area contributed by atoms with Crippen molar-refractivity contribution < 1.29 is 9.90 Å². The Hall–Kier alpha value is -2.07. The number of halogens is 1. The Kier molecular flexibility index (Phi) is 3.79. The average Bonchev–Trinajstić information content (AvgIpc) is 2.38. The van der Waals surface area contributed by atoms with Crippen LogP contribution in [0.25, 0.3) is 0 Å². The van der Waals surface area contributed by atoms with Crippen LogP contribution in [-0.2, 0) is 6.54 Å². The Bertz CT molecular complexity index is 572. The van der Waals surface area contributed by atoms with Crippen LogP contribution in [-0.4, -0.2) is 16.0 Å². The van der Waals surface area contributed by atoms with E-state index < -0.39 is 5.91 Å². The number of nitrogens with zero attached hydrogens (tertiary/aromatic N) is 1. The first-order valence-electron chi connectivity index (χ1n) is 5.34. The fourth-order valence-electron chi connectivity index (χ4n) is 1.47. The van der Waals surface area contributed by atoms with E-state index in [0.29, 0.717) is 5.02 Å². The van der Waals surface area contributed by atoms with Crippen molar-refractivity contribution in [1.82, 2.24) is 10.3 Å². The number of rotatable bonds is 3. The molecule has 0 spiro atoms. The molecular formula is C13H11ClN2O2. The van der Waals surface area contributed by atoms with Gasteiger partial charge in [0.1, 0.15) is 5.75 Å². The van der Waals surface area contributed by atoms with Gasteiger partial charge in [-0.25, -0.2) is 4.98 Å². The number of carbonyl (C=O) groups excluding carboxylic acids is 1. The van der Waals surface area contributed by atoms with Gasteiger partial charge in [-0.05, 0) is 23.8 Å². The van der Waals surface area contributed by atoms with Crippen molar-refractivity contribution in [2.24, 2.45) is 0 Å². The molecule has 1 heterocycles. The Morgan fingerprint density at radius 2 is 2.06 bits per heavy atom. The lowest BCUT2D eigenvalue weighted by atomic mass is 10.2. The molecule has 1 aromatic heterocycles. The number of hydrogen-bond donors (Lipinski definition) is 2. The van der Waals surface area contributed by atoms with Crippen LogP contribution < -0.4 is 5.32 Å². The van der Waals surface area contributed by atoms with Crippen LogP contribution in [0.15, 0.2) is 42.6 Å². The summed E-state index contributed by atoms with van der Waals surface area (Å²) in [5.41, 5.74) is 0.812. The standard InChI is InChI=1S/C13H11ClN2O2/c14-10-5-2-1-4-9(10)8-16-13(18)12-11(17)6-3-7-15-12/h1-7,17H,8H2,(H,16,18). The van der Waals surface area contributed by atoms with E-state index in [2.05, 4.69) is 10.3 Å². The van der Waals surface area contributed by atoms with Gasteiger partial charge >= 0.3 is 0 Å². The van der Waals surface area contributed by atoms with Gasteiger partial charge in [-0.2, -0.15) is 0 Å². The number of aromatic nitrogens is 1. The zero-order chi connectivity index (χ0) is 13.0. The summed E-state index contributed by atoms with van der Waals surface area (Å²) in [6.45, 7) is 0.286. The van der Waals surface area contributed by atoms with E-state index in [1.54, 1.807) is 12.1 Å². The number of amides is 1. The Balaban J connectivity index is 2.06. The van der Waals surface area contributed by atoms with E-state index in [1.165, 1.54) is 12.3 Å². The summed E-state index contributed by atoms with van der Waals surface area (Å²) in [7, 11) is 0. The molecule has 2 aromatic rings. The topological polar surface area (TPSA) is 62.2 Å². The van der Waals surface area contributed by atoms with Crippen LogP contribution in [0.3, 0.4) is 0 Å². The molecule has 0 saturated carbocycles. The number of hydrogen-bond acceptors (Lipinski definition) is 3. The van der Waals surface area contributed by atoms with Crippen molar-refractivity contribution in [3.05, 3.63) is 58.9 Å². The van der Waals surface area contributed by atoms with Gasteiger partial charge in [0.25, 0.3) is 5.91 Å². The van der Waals surface area contributed by atoms with E-state index in [1.807, 2.05) is 18.2 Å².